The molecule has 0 saturated carbocycles. The summed E-state index contributed by atoms with van der Waals surface area (Å²) in [6, 6.07) is 0. The number of allylic oxidation sites excluding steroid dienone is 2. The third-order valence-electron chi connectivity index (χ3n) is 2.38. The summed E-state index contributed by atoms with van der Waals surface area (Å²) >= 11 is 0. The lowest BCUT2D eigenvalue weighted by atomic mass is 9.96. The lowest BCUT2D eigenvalue weighted by Crippen LogP contribution is -2.00. The van der Waals surface area contributed by atoms with Gasteiger partial charge in [-0.2, -0.15) is 0 Å². The smallest absolute Gasteiger partial charge is 0.0206 e. The fraction of sp³-hybridized carbons (Fsp3) is 0.833. The van der Waals surface area contributed by atoms with Crippen LogP contribution in [-0.4, -0.2) is 0 Å². The molecule has 0 aliphatic heterocycles. The van der Waals surface area contributed by atoms with Crippen LogP contribution < -0.4 is 0 Å². The highest BCUT2D eigenvalue weighted by Gasteiger charge is 2.17. The highest BCUT2D eigenvalue weighted by atomic mass is 14.2. The topological polar surface area (TPSA) is 0 Å². The molecule has 0 heterocycles. The average Bonchev–Trinajstić information content (AvgIpc) is 2.43. The molecule has 1 rings (SSSR count). The zero-order chi connectivity index (χ0) is 10.1. The Balaban J connectivity index is 0. The van der Waals surface area contributed by atoms with Crippen LogP contribution >= 0.6 is 0 Å². The average molecular weight is 170 g/mol. The Labute approximate surface area is 79.1 Å². The Kier molecular flexibility index (Phi) is 10.5. The molecule has 0 spiro atoms. The van der Waals surface area contributed by atoms with E-state index in [2.05, 4.69) is 26.8 Å². The Bertz CT molecular complexity index is 111. The van der Waals surface area contributed by atoms with E-state index < -0.39 is 0 Å². The molecule has 0 saturated heterocycles. The van der Waals surface area contributed by atoms with Gasteiger partial charge in [-0.25, -0.2) is 0 Å². The number of hydrogen-bond donors (Lipinski definition) is 0. The van der Waals surface area contributed by atoms with Gasteiger partial charge in [-0.15, -0.1) is 0 Å². The predicted molar refractivity (Wildman–Crippen MR) is 59.4 cm³/mol. The maximum atomic E-state index is 2.36. The minimum atomic E-state index is 0.843. The van der Waals surface area contributed by atoms with Crippen molar-refractivity contribution in [1.29, 1.82) is 0 Å². The van der Waals surface area contributed by atoms with Crippen molar-refractivity contribution >= 4 is 0 Å². The van der Waals surface area contributed by atoms with Gasteiger partial charge in [0.25, 0.3) is 0 Å². The van der Waals surface area contributed by atoms with Gasteiger partial charge in [0.15, 0.2) is 0 Å². The van der Waals surface area contributed by atoms with E-state index in [4.69, 9.17) is 0 Å². The minimum absolute atomic E-state index is 0.843. The van der Waals surface area contributed by atoms with Crippen molar-refractivity contribution in [2.75, 3.05) is 0 Å². The summed E-state index contributed by atoms with van der Waals surface area (Å²) in [6.45, 7) is 14.9. The lowest BCUT2D eigenvalue weighted by Gasteiger charge is -2.09. The summed E-state index contributed by atoms with van der Waals surface area (Å²) in [5.74, 6) is 1.74. The fourth-order valence-corrected chi connectivity index (χ4v) is 1.21. The molecule has 0 aromatic carbocycles. The van der Waals surface area contributed by atoms with Crippen molar-refractivity contribution in [2.24, 2.45) is 11.8 Å². The maximum Gasteiger partial charge on any atom is -0.0206 e. The van der Waals surface area contributed by atoms with Crippen LogP contribution in [0, 0.1) is 11.8 Å². The molecule has 0 aromatic rings. The number of hydrogen-bond acceptors (Lipinski definition) is 0. The van der Waals surface area contributed by atoms with Crippen LogP contribution in [-0.2, 0) is 0 Å². The molecular weight excluding hydrogens is 144 g/mol. The van der Waals surface area contributed by atoms with Gasteiger partial charge in [0, 0.05) is 0 Å². The Morgan fingerprint density at radius 2 is 1.50 bits per heavy atom. The van der Waals surface area contributed by atoms with Crippen molar-refractivity contribution in [3.8, 4) is 0 Å². The van der Waals surface area contributed by atoms with Crippen LogP contribution in [0.2, 0.25) is 0 Å². The van der Waals surface area contributed by atoms with Gasteiger partial charge >= 0.3 is 0 Å². The Morgan fingerprint density at radius 3 is 1.58 bits per heavy atom. The molecule has 1 aliphatic carbocycles. The quantitative estimate of drug-likeness (QED) is 0.464. The second-order valence-electron chi connectivity index (χ2n) is 2.95. The van der Waals surface area contributed by atoms with E-state index in [0.29, 0.717) is 0 Å². The first kappa shape index (κ1) is 14.3. The molecule has 0 heteroatoms. The van der Waals surface area contributed by atoms with E-state index >= 15 is 0 Å². The normalized spacial score (nSPS) is 26.1. The lowest BCUT2D eigenvalue weighted by molar-refractivity contribution is 0.482. The molecule has 0 nitrogen and oxygen atoms in total. The van der Waals surface area contributed by atoms with Gasteiger partial charge in [-0.3, -0.25) is 0 Å². The summed E-state index contributed by atoms with van der Waals surface area (Å²) in [5, 5.41) is 0. The van der Waals surface area contributed by atoms with Crippen LogP contribution in [0.25, 0.3) is 0 Å². The van der Waals surface area contributed by atoms with Crippen molar-refractivity contribution in [3.05, 3.63) is 11.6 Å². The van der Waals surface area contributed by atoms with Gasteiger partial charge in [0.1, 0.15) is 0 Å². The number of rotatable bonds is 0. The second kappa shape index (κ2) is 8.83. The van der Waals surface area contributed by atoms with Gasteiger partial charge in [-0.05, 0) is 25.2 Å². The predicted octanol–water partition coefficient (Wildman–Crippen LogP) is 4.66. The van der Waals surface area contributed by atoms with E-state index in [1.165, 1.54) is 6.42 Å². The molecule has 0 bridgehead atoms. The van der Waals surface area contributed by atoms with Crippen molar-refractivity contribution in [2.45, 2.75) is 54.9 Å². The van der Waals surface area contributed by atoms with Crippen LogP contribution in [0.1, 0.15) is 54.9 Å². The standard InChI is InChI=1S/C8H14.2C2H6/c1-6-4-5-7(2)8(6)3;2*1-2/h4,7-8H,5H2,1-3H3;2*1-2H3. The van der Waals surface area contributed by atoms with E-state index in [1.54, 1.807) is 5.57 Å². The van der Waals surface area contributed by atoms with E-state index in [-0.39, 0.29) is 0 Å². The molecule has 2 unspecified atom stereocenters. The SMILES string of the molecule is CC.CC.CC1=CCC(C)C1C. The molecule has 74 valence electrons. The molecule has 2 atom stereocenters. The molecule has 12 heavy (non-hydrogen) atoms. The van der Waals surface area contributed by atoms with Crippen LogP contribution in [0.5, 0.6) is 0 Å². The zero-order valence-corrected chi connectivity index (χ0v) is 9.94. The summed E-state index contributed by atoms with van der Waals surface area (Å²) in [7, 11) is 0. The van der Waals surface area contributed by atoms with Gasteiger partial charge in [0.05, 0.1) is 0 Å². The van der Waals surface area contributed by atoms with Gasteiger partial charge in [0.2, 0.25) is 0 Å². The first-order valence-corrected chi connectivity index (χ1v) is 5.38. The monoisotopic (exact) mass is 170 g/mol. The summed E-state index contributed by atoms with van der Waals surface area (Å²) < 4.78 is 0. The van der Waals surface area contributed by atoms with Crippen LogP contribution in [0.15, 0.2) is 11.6 Å². The third kappa shape index (κ3) is 4.58. The fourth-order valence-electron chi connectivity index (χ4n) is 1.21. The molecular formula is C12H26. The van der Waals surface area contributed by atoms with Crippen molar-refractivity contribution < 1.29 is 0 Å². The summed E-state index contributed by atoms with van der Waals surface area (Å²) in [4.78, 5) is 0. The molecule has 0 fully saturated rings. The first-order chi connectivity index (χ1) is 5.72. The second-order valence-corrected chi connectivity index (χ2v) is 2.95. The van der Waals surface area contributed by atoms with Crippen LogP contribution in [0.4, 0.5) is 0 Å². The third-order valence-corrected chi connectivity index (χ3v) is 2.38. The zero-order valence-electron chi connectivity index (χ0n) is 9.94. The van der Waals surface area contributed by atoms with E-state index in [1.807, 2.05) is 27.7 Å². The largest absolute Gasteiger partial charge is 0.0850 e. The van der Waals surface area contributed by atoms with Crippen LogP contribution in [0.3, 0.4) is 0 Å². The molecule has 0 amide bonds. The van der Waals surface area contributed by atoms with Gasteiger partial charge < -0.3 is 0 Å². The highest BCUT2D eigenvalue weighted by Crippen LogP contribution is 2.29. The summed E-state index contributed by atoms with van der Waals surface area (Å²) in [6.07, 6.45) is 3.66. The van der Waals surface area contributed by atoms with Crippen molar-refractivity contribution in [1.82, 2.24) is 0 Å². The van der Waals surface area contributed by atoms with E-state index in [9.17, 15) is 0 Å². The maximum absolute atomic E-state index is 2.36. The molecule has 1 aliphatic rings. The van der Waals surface area contributed by atoms with Gasteiger partial charge in [-0.1, -0.05) is 53.2 Å². The highest BCUT2D eigenvalue weighted by molar-refractivity contribution is 5.10. The summed E-state index contributed by atoms with van der Waals surface area (Å²) in [5.41, 5.74) is 1.58. The first-order valence-electron chi connectivity index (χ1n) is 5.38. The molecule has 0 radical (unpaired) electrons. The Hall–Kier alpha value is -0.260. The molecule has 0 aromatic heterocycles. The minimum Gasteiger partial charge on any atom is -0.0850 e. The van der Waals surface area contributed by atoms with Crippen molar-refractivity contribution in [3.63, 3.8) is 0 Å². The van der Waals surface area contributed by atoms with E-state index in [0.717, 1.165) is 11.8 Å². The Morgan fingerprint density at radius 1 is 1.08 bits per heavy atom. The molecule has 0 N–H and O–H groups in total.